The Balaban J connectivity index is 1.26. The number of rotatable bonds is 8. The summed E-state index contributed by atoms with van der Waals surface area (Å²) in [4.78, 5) is 20.2. The molecule has 0 amide bonds. The van der Waals surface area contributed by atoms with E-state index >= 15 is 0 Å². The highest BCUT2D eigenvalue weighted by Crippen LogP contribution is 2.24. The molecule has 2 aromatic heterocycles. The smallest absolute Gasteiger partial charge is 0.311 e. The third-order valence-corrected chi connectivity index (χ3v) is 4.22. The molecule has 0 N–H and O–H groups in total. The number of aromatic nitrogens is 3. The molecular formula is C22H18FN3O5. The lowest BCUT2D eigenvalue weighted by Gasteiger charge is -2.06. The van der Waals surface area contributed by atoms with Crippen LogP contribution in [0.2, 0.25) is 0 Å². The zero-order valence-electron chi connectivity index (χ0n) is 16.6. The maximum absolute atomic E-state index is 13.8. The van der Waals surface area contributed by atoms with Crippen LogP contribution in [0.5, 0.6) is 11.5 Å². The van der Waals surface area contributed by atoms with Crippen molar-refractivity contribution in [3.63, 3.8) is 0 Å². The molecule has 0 saturated heterocycles. The Morgan fingerprint density at radius 1 is 1.06 bits per heavy atom. The fraction of sp³-hybridized carbons (Fsp3) is 0.182. The summed E-state index contributed by atoms with van der Waals surface area (Å²) in [6, 6.07) is 12.8. The fourth-order valence-corrected chi connectivity index (χ4v) is 2.75. The Kier molecular flexibility index (Phi) is 6.02. The van der Waals surface area contributed by atoms with Crippen molar-refractivity contribution in [2.75, 3.05) is 0 Å². The molecule has 0 unspecified atom stereocenters. The molecule has 4 aromatic rings. The first-order chi connectivity index (χ1) is 15.1. The summed E-state index contributed by atoms with van der Waals surface area (Å²) in [6.45, 7) is 1.87. The number of halogens is 1. The number of oxazole rings is 1. The quantitative estimate of drug-likeness (QED) is 0.306. The molecular weight excluding hydrogens is 405 g/mol. The van der Waals surface area contributed by atoms with Crippen molar-refractivity contribution in [3.8, 4) is 22.8 Å². The zero-order chi connectivity index (χ0) is 21.6. The maximum Gasteiger partial charge on any atom is 0.311 e. The van der Waals surface area contributed by atoms with Crippen LogP contribution in [0.25, 0.3) is 11.3 Å². The van der Waals surface area contributed by atoms with Gasteiger partial charge in [-0.1, -0.05) is 17.3 Å². The second-order valence-electron chi connectivity index (χ2n) is 6.57. The standard InChI is InChI=1S/C22H18FN3O5/c1-14-25-21(31-26-14)13-28-15-6-8-16(9-7-15)29-22(27)11-10-20-24-12-19(30-20)17-4-2-3-5-18(17)23/h2-9,12H,10-11,13H2,1H3. The van der Waals surface area contributed by atoms with E-state index in [4.69, 9.17) is 18.4 Å². The number of carbonyl (C=O) groups is 1. The first-order valence-corrected chi connectivity index (χ1v) is 9.49. The molecule has 0 saturated carbocycles. The Labute approximate surface area is 176 Å². The number of carbonyl (C=O) groups excluding carboxylic acids is 1. The summed E-state index contributed by atoms with van der Waals surface area (Å²) in [7, 11) is 0. The van der Waals surface area contributed by atoms with Gasteiger partial charge >= 0.3 is 5.97 Å². The molecule has 0 aliphatic carbocycles. The summed E-state index contributed by atoms with van der Waals surface area (Å²) < 4.78 is 35.2. The van der Waals surface area contributed by atoms with Gasteiger partial charge in [0, 0.05) is 6.42 Å². The molecule has 31 heavy (non-hydrogen) atoms. The molecule has 0 fully saturated rings. The molecule has 8 nitrogen and oxygen atoms in total. The van der Waals surface area contributed by atoms with E-state index in [1.54, 1.807) is 49.4 Å². The molecule has 0 radical (unpaired) electrons. The highest BCUT2D eigenvalue weighted by Gasteiger charge is 2.13. The minimum Gasteiger partial charge on any atom is -0.484 e. The topological polar surface area (TPSA) is 100 Å². The van der Waals surface area contributed by atoms with E-state index in [0.717, 1.165) is 0 Å². The van der Waals surface area contributed by atoms with Gasteiger partial charge in [0.2, 0.25) is 0 Å². The van der Waals surface area contributed by atoms with Gasteiger partial charge in [0.1, 0.15) is 17.3 Å². The molecule has 0 aliphatic heterocycles. The van der Waals surface area contributed by atoms with E-state index < -0.39 is 11.8 Å². The zero-order valence-corrected chi connectivity index (χ0v) is 16.6. The van der Waals surface area contributed by atoms with Crippen LogP contribution in [0, 0.1) is 12.7 Å². The van der Waals surface area contributed by atoms with Crippen molar-refractivity contribution < 1.29 is 27.6 Å². The van der Waals surface area contributed by atoms with Crippen molar-refractivity contribution in [1.29, 1.82) is 0 Å². The molecule has 2 aromatic carbocycles. The minimum absolute atomic E-state index is 0.0615. The highest BCUT2D eigenvalue weighted by molar-refractivity contribution is 5.72. The van der Waals surface area contributed by atoms with Crippen molar-refractivity contribution in [3.05, 3.63) is 78.2 Å². The summed E-state index contributed by atoms with van der Waals surface area (Å²) in [5.74, 6) is 1.65. The van der Waals surface area contributed by atoms with Crippen molar-refractivity contribution >= 4 is 5.97 Å². The number of esters is 1. The van der Waals surface area contributed by atoms with Crippen molar-refractivity contribution in [2.45, 2.75) is 26.4 Å². The largest absolute Gasteiger partial charge is 0.484 e. The van der Waals surface area contributed by atoms with Gasteiger partial charge in [-0.25, -0.2) is 9.37 Å². The second kappa shape index (κ2) is 9.21. The van der Waals surface area contributed by atoms with E-state index in [1.165, 1.54) is 12.3 Å². The summed E-state index contributed by atoms with van der Waals surface area (Å²) in [6.07, 6.45) is 1.73. The summed E-state index contributed by atoms with van der Waals surface area (Å²) >= 11 is 0. The predicted molar refractivity (Wildman–Crippen MR) is 106 cm³/mol. The van der Waals surface area contributed by atoms with Crippen LogP contribution >= 0.6 is 0 Å². The van der Waals surface area contributed by atoms with Crippen LogP contribution in [0.3, 0.4) is 0 Å². The van der Waals surface area contributed by atoms with E-state index in [-0.39, 0.29) is 19.4 Å². The number of ether oxygens (including phenoxy) is 2. The number of hydrogen-bond acceptors (Lipinski definition) is 8. The molecule has 0 atom stereocenters. The maximum atomic E-state index is 13.8. The molecule has 2 heterocycles. The Morgan fingerprint density at radius 2 is 1.84 bits per heavy atom. The third kappa shape index (κ3) is 5.33. The lowest BCUT2D eigenvalue weighted by atomic mass is 10.2. The number of nitrogens with zero attached hydrogens (tertiary/aromatic N) is 3. The Morgan fingerprint density at radius 3 is 2.58 bits per heavy atom. The van der Waals surface area contributed by atoms with Crippen molar-refractivity contribution in [1.82, 2.24) is 15.1 Å². The van der Waals surface area contributed by atoms with E-state index in [9.17, 15) is 9.18 Å². The summed E-state index contributed by atoms with van der Waals surface area (Å²) in [5.41, 5.74) is 0.320. The number of benzene rings is 2. The Bertz CT molecular complexity index is 1170. The van der Waals surface area contributed by atoms with Crippen molar-refractivity contribution in [2.24, 2.45) is 0 Å². The van der Waals surface area contributed by atoms with Gasteiger partial charge in [-0.05, 0) is 43.3 Å². The molecule has 0 spiro atoms. The molecule has 0 aliphatic rings. The van der Waals surface area contributed by atoms with E-state index in [2.05, 4.69) is 15.1 Å². The molecule has 0 bridgehead atoms. The number of hydrogen-bond donors (Lipinski definition) is 0. The van der Waals surface area contributed by atoms with E-state index in [0.29, 0.717) is 40.4 Å². The van der Waals surface area contributed by atoms with Gasteiger partial charge in [-0.2, -0.15) is 4.98 Å². The van der Waals surface area contributed by atoms with Gasteiger partial charge in [-0.15, -0.1) is 0 Å². The monoisotopic (exact) mass is 423 g/mol. The van der Waals surface area contributed by atoms with Gasteiger partial charge in [0.25, 0.3) is 5.89 Å². The van der Waals surface area contributed by atoms with Crippen LogP contribution < -0.4 is 9.47 Å². The number of aryl methyl sites for hydroxylation is 2. The van der Waals surface area contributed by atoms with Gasteiger partial charge in [-0.3, -0.25) is 4.79 Å². The Hall–Kier alpha value is -4.01. The lowest BCUT2D eigenvalue weighted by Crippen LogP contribution is -2.09. The SMILES string of the molecule is Cc1noc(COc2ccc(OC(=O)CCc3ncc(-c4ccccc4F)o3)cc2)n1. The van der Waals surface area contributed by atoms with E-state index in [1.807, 2.05) is 0 Å². The molecule has 4 rings (SSSR count). The average Bonchev–Trinajstić information content (AvgIpc) is 3.41. The fourth-order valence-electron chi connectivity index (χ4n) is 2.75. The van der Waals surface area contributed by atoms with Crippen LogP contribution in [0.4, 0.5) is 4.39 Å². The average molecular weight is 423 g/mol. The van der Waals surface area contributed by atoms with Crippen LogP contribution in [-0.4, -0.2) is 21.1 Å². The molecule has 9 heteroatoms. The normalized spacial score (nSPS) is 10.8. The predicted octanol–water partition coefficient (Wildman–Crippen LogP) is 4.29. The van der Waals surface area contributed by atoms with Gasteiger partial charge in [0.05, 0.1) is 18.2 Å². The van der Waals surface area contributed by atoms with Gasteiger partial charge < -0.3 is 18.4 Å². The first kappa shape index (κ1) is 20.3. The first-order valence-electron chi connectivity index (χ1n) is 9.49. The molecule has 158 valence electrons. The third-order valence-electron chi connectivity index (χ3n) is 4.22. The lowest BCUT2D eigenvalue weighted by molar-refractivity contribution is -0.134. The highest BCUT2D eigenvalue weighted by atomic mass is 19.1. The van der Waals surface area contributed by atoms with Crippen LogP contribution in [-0.2, 0) is 17.8 Å². The summed E-state index contributed by atoms with van der Waals surface area (Å²) in [5, 5.41) is 3.68. The van der Waals surface area contributed by atoms with Crippen LogP contribution in [0.15, 0.2) is 63.7 Å². The van der Waals surface area contributed by atoms with Gasteiger partial charge in [0.15, 0.2) is 24.1 Å². The second-order valence-corrected chi connectivity index (χ2v) is 6.57. The van der Waals surface area contributed by atoms with Crippen LogP contribution in [0.1, 0.15) is 24.0 Å². The minimum atomic E-state index is -0.444.